The van der Waals surface area contributed by atoms with Gasteiger partial charge in [-0.15, -0.1) is 0 Å². The molecule has 1 aromatic carbocycles. The number of benzene rings is 1. The zero-order valence-electron chi connectivity index (χ0n) is 8.65. The Kier molecular flexibility index (Phi) is 3.33. The van der Waals surface area contributed by atoms with E-state index in [9.17, 15) is 14.3 Å². The quantitative estimate of drug-likeness (QED) is 0.814. The molecule has 1 fully saturated rings. The molecule has 2 rings (SSSR count). The first-order valence-corrected chi connectivity index (χ1v) is 6.19. The number of phenols is 1. The Labute approximate surface area is 97.3 Å². The molecule has 0 saturated carbocycles. The average Bonchev–Trinajstić information content (AvgIpc) is 2.29. The van der Waals surface area contributed by atoms with Crippen molar-refractivity contribution in [3.05, 3.63) is 29.6 Å². The fourth-order valence-corrected chi connectivity index (χ4v) is 2.53. The summed E-state index contributed by atoms with van der Waals surface area (Å²) in [6, 6.07) is 3.48. The maximum atomic E-state index is 12.8. The topological polar surface area (TPSA) is 40.5 Å². The molecular formula is C11H12FNO2S. The Bertz CT molecular complexity index is 405. The van der Waals surface area contributed by atoms with Crippen molar-refractivity contribution in [1.82, 2.24) is 4.90 Å². The van der Waals surface area contributed by atoms with Crippen LogP contribution in [-0.2, 0) is 0 Å². The summed E-state index contributed by atoms with van der Waals surface area (Å²) < 4.78 is 12.8. The van der Waals surface area contributed by atoms with E-state index in [1.807, 2.05) is 0 Å². The molecular weight excluding hydrogens is 229 g/mol. The number of hydrogen-bond donors (Lipinski definition) is 1. The third-order valence-electron chi connectivity index (χ3n) is 2.49. The van der Waals surface area contributed by atoms with Gasteiger partial charge in [-0.1, -0.05) is 0 Å². The van der Waals surface area contributed by atoms with Crippen LogP contribution < -0.4 is 0 Å². The Hall–Kier alpha value is -1.23. The predicted octanol–water partition coefficient (Wildman–Crippen LogP) is 1.72. The van der Waals surface area contributed by atoms with Gasteiger partial charge in [-0.3, -0.25) is 4.79 Å². The molecule has 0 bridgehead atoms. The van der Waals surface area contributed by atoms with Crippen LogP contribution in [0.4, 0.5) is 4.39 Å². The SMILES string of the molecule is O=C(c1ccc(F)cc1O)N1CCSCC1. The van der Waals surface area contributed by atoms with Crippen LogP contribution in [0, 0.1) is 5.82 Å². The van der Waals surface area contributed by atoms with Crippen LogP contribution in [0.2, 0.25) is 0 Å². The number of carbonyl (C=O) groups excluding carboxylic acids is 1. The maximum Gasteiger partial charge on any atom is 0.257 e. The van der Waals surface area contributed by atoms with Crippen LogP contribution in [-0.4, -0.2) is 40.5 Å². The van der Waals surface area contributed by atoms with E-state index in [4.69, 9.17) is 0 Å². The van der Waals surface area contributed by atoms with Crippen LogP contribution in [0.25, 0.3) is 0 Å². The van der Waals surface area contributed by atoms with Crippen molar-refractivity contribution in [3.8, 4) is 5.75 Å². The van der Waals surface area contributed by atoms with Gasteiger partial charge in [-0.25, -0.2) is 4.39 Å². The van der Waals surface area contributed by atoms with Crippen molar-refractivity contribution in [2.24, 2.45) is 0 Å². The van der Waals surface area contributed by atoms with Crippen LogP contribution in [0.5, 0.6) is 5.75 Å². The minimum absolute atomic E-state index is 0.174. The molecule has 5 heteroatoms. The van der Waals surface area contributed by atoms with Crippen LogP contribution in [0.3, 0.4) is 0 Å². The Morgan fingerprint density at radius 2 is 2.06 bits per heavy atom. The van der Waals surface area contributed by atoms with Gasteiger partial charge in [0, 0.05) is 30.7 Å². The molecule has 1 aliphatic heterocycles. The molecule has 0 unspecified atom stereocenters. The minimum Gasteiger partial charge on any atom is -0.507 e. The summed E-state index contributed by atoms with van der Waals surface area (Å²) in [6.07, 6.45) is 0. The molecule has 0 radical (unpaired) electrons. The van der Waals surface area contributed by atoms with Gasteiger partial charge < -0.3 is 10.0 Å². The highest BCUT2D eigenvalue weighted by Crippen LogP contribution is 2.21. The molecule has 1 heterocycles. The fraction of sp³-hybridized carbons (Fsp3) is 0.364. The summed E-state index contributed by atoms with van der Waals surface area (Å²) in [5, 5.41) is 9.50. The lowest BCUT2D eigenvalue weighted by molar-refractivity contribution is 0.0769. The molecule has 0 atom stereocenters. The first kappa shape index (κ1) is 11.3. The van der Waals surface area contributed by atoms with Gasteiger partial charge in [0.25, 0.3) is 5.91 Å². The average molecular weight is 241 g/mol. The van der Waals surface area contributed by atoms with Gasteiger partial charge in [-0.05, 0) is 12.1 Å². The molecule has 1 amide bonds. The van der Waals surface area contributed by atoms with Crippen LogP contribution >= 0.6 is 11.8 Å². The monoisotopic (exact) mass is 241 g/mol. The van der Waals surface area contributed by atoms with E-state index in [2.05, 4.69) is 0 Å². The fourth-order valence-electron chi connectivity index (χ4n) is 1.62. The zero-order valence-corrected chi connectivity index (χ0v) is 9.47. The third kappa shape index (κ3) is 2.29. The van der Waals surface area contributed by atoms with E-state index >= 15 is 0 Å². The second-order valence-electron chi connectivity index (χ2n) is 3.57. The normalized spacial score (nSPS) is 16.2. The number of nitrogens with zero attached hydrogens (tertiary/aromatic N) is 1. The summed E-state index contributed by atoms with van der Waals surface area (Å²) in [4.78, 5) is 13.7. The van der Waals surface area contributed by atoms with E-state index in [1.54, 1.807) is 16.7 Å². The third-order valence-corrected chi connectivity index (χ3v) is 3.43. The van der Waals surface area contributed by atoms with Gasteiger partial charge in [-0.2, -0.15) is 11.8 Å². The van der Waals surface area contributed by atoms with E-state index in [-0.39, 0.29) is 17.2 Å². The lowest BCUT2D eigenvalue weighted by Gasteiger charge is -2.26. The summed E-state index contributed by atoms with van der Waals surface area (Å²) in [5.41, 5.74) is 0.174. The maximum absolute atomic E-state index is 12.8. The molecule has 0 aliphatic carbocycles. The lowest BCUT2D eigenvalue weighted by atomic mass is 10.1. The first-order valence-electron chi connectivity index (χ1n) is 5.04. The molecule has 86 valence electrons. The van der Waals surface area contributed by atoms with E-state index in [1.165, 1.54) is 12.1 Å². The Balaban J connectivity index is 2.19. The van der Waals surface area contributed by atoms with E-state index < -0.39 is 5.82 Å². The number of hydrogen-bond acceptors (Lipinski definition) is 3. The van der Waals surface area contributed by atoms with Gasteiger partial charge >= 0.3 is 0 Å². The van der Waals surface area contributed by atoms with Gasteiger partial charge in [0.1, 0.15) is 11.6 Å². The van der Waals surface area contributed by atoms with Gasteiger partial charge in [0.2, 0.25) is 0 Å². The smallest absolute Gasteiger partial charge is 0.257 e. The van der Waals surface area contributed by atoms with Crippen molar-refractivity contribution in [1.29, 1.82) is 0 Å². The van der Waals surface area contributed by atoms with Crippen molar-refractivity contribution >= 4 is 17.7 Å². The zero-order chi connectivity index (χ0) is 11.5. The van der Waals surface area contributed by atoms with Crippen molar-refractivity contribution in [2.45, 2.75) is 0 Å². The van der Waals surface area contributed by atoms with Crippen molar-refractivity contribution in [3.63, 3.8) is 0 Å². The Morgan fingerprint density at radius 1 is 1.38 bits per heavy atom. The number of halogens is 1. The summed E-state index contributed by atoms with van der Waals surface area (Å²) >= 11 is 1.80. The lowest BCUT2D eigenvalue weighted by Crippen LogP contribution is -2.37. The molecule has 3 nitrogen and oxygen atoms in total. The number of aromatic hydroxyl groups is 1. The molecule has 0 aromatic heterocycles. The number of amides is 1. The molecule has 1 N–H and O–H groups in total. The molecule has 16 heavy (non-hydrogen) atoms. The second kappa shape index (κ2) is 4.74. The second-order valence-corrected chi connectivity index (χ2v) is 4.79. The summed E-state index contributed by atoms with van der Waals surface area (Å²) in [7, 11) is 0. The van der Waals surface area contributed by atoms with Crippen LogP contribution in [0.15, 0.2) is 18.2 Å². The number of thioether (sulfide) groups is 1. The molecule has 1 aliphatic rings. The minimum atomic E-state index is -0.539. The number of phenolic OH excluding ortho intramolecular Hbond substituents is 1. The number of carbonyl (C=O) groups is 1. The highest BCUT2D eigenvalue weighted by Gasteiger charge is 2.20. The highest BCUT2D eigenvalue weighted by molar-refractivity contribution is 7.99. The van der Waals surface area contributed by atoms with Gasteiger partial charge in [0.15, 0.2) is 0 Å². The highest BCUT2D eigenvalue weighted by atomic mass is 32.2. The Morgan fingerprint density at radius 3 is 2.69 bits per heavy atom. The first-order chi connectivity index (χ1) is 7.68. The van der Waals surface area contributed by atoms with Crippen molar-refractivity contribution < 1.29 is 14.3 Å². The summed E-state index contributed by atoms with van der Waals surface area (Å²) in [5.74, 6) is 0.769. The predicted molar refractivity (Wildman–Crippen MR) is 61.3 cm³/mol. The molecule has 1 aromatic rings. The van der Waals surface area contributed by atoms with E-state index in [0.717, 1.165) is 17.6 Å². The van der Waals surface area contributed by atoms with E-state index in [0.29, 0.717) is 13.1 Å². The summed E-state index contributed by atoms with van der Waals surface area (Å²) in [6.45, 7) is 1.36. The molecule has 0 spiro atoms. The largest absolute Gasteiger partial charge is 0.507 e. The number of rotatable bonds is 1. The van der Waals surface area contributed by atoms with Crippen LogP contribution in [0.1, 0.15) is 10.4 Å². The molecule has 1 saturated heterocycles. The standard InChI is InChI=1S/C11H12FNO2S/c12-8-1-2-9(10(14)7-8)11(15)13-3-5-16-6-4-13/h1-2,7,14H,3-6H2. The van der Waals surface area contributed by atoms with Crippen molar-refractivity contribution in [2.75, 3.05) is 24.6 Å². The van der Waals surface area contributed by atoms with Gasteiger partial charge in [0.05, 0.1) is 5.56 Å².